The molecule has 0 radical (unpaired) electrons. The Balaban J connectivity index is 1.48. The van der Waals surface area contributed by atoms with Crippen LogP contribution in [0.25, 0.3) is 0 Å². The van der Waals surface area contributed by atoms with Crippen molar-refractivity contribution in [1.29, 1.82) is 0 Å². The van der Waals surface area contributed by atoms with Gasteiger partial charge in [0.1, 0.15) is 0 Å². The van der Waals surface area contributed by atoms with Gasteiger partial charge in [-0.3, -0.25) is 0 Å². The molecule has 1 saturated heterocycles. The molecule has 0 aromatic heterocycles. The van der Waals surface area contributed by atoms with Crippen LogP contribution in [-0.4, -0.2) is 33.9 Å². The fraction of sp³-hybridized carbons (Fsp3) is 0.647. The minimum Gasteiger partial charge on any atom is -0.381 e. The van der Waals surface area contributed by atoms with Crippen LogP contribution in [0.3, 0.4) is 0 Å². The lowest BCUT2D eigenvalue weighted by Gasteiger charge is -2.22. The maximum Gasteiger partial charge on any atom is 0.211 e. The van der Waals surface area contributed by atoms with E-state index < -0.39 is 10.0 Å². The molecule has 22 heavy (non-hydrogen) atoms. The maximum absolute atomic E-state index is 12.2. The number of ether oxygens (including phenoxy) is 1. The molecule has 122 valence electrons. The third-order valence-electron chi connectivity index (χ3n) is 4.94. The minimum absolute atomic E-state index is 0.242. The summed E-state index contributed by atoms with van der Waals surface area (Å²) in [5.41, 5.74) is 2.68. The largest absolute Gasteiger partial charge is 0.381 e. The molecule has 4 nitrogen and oxygen atoms in total. The Hall–Kier alpha value is -0.910. The van der Waals surface area contributed by atoms with Crippen molar-refractivity contribution in [1.82, 2.24) is 4.72 Å². The average Bonchev–Trinajstić information content (AvgIpc) is 2.96. The Bertz CT molecular complexity index is 594. The van der Waals surface area contributed by atoms with E-state index in [-0.39, 0.29) is 5.75 Å². The van der Waals surface area contributed by atoms with Crippen molar-refractivity contribution in [3.8, 4) is 0 Å². The first-order chi connectivity index (χ1) is 10.6. The molecule has 1 atom stereocenters. The predicted molar refractivity (Wildman–Crippen MR) is 87.5 cm³/mol. The Morgan fingerprint density at radius 2 is 1.91 bits per heavy atom. The van der Waals surface area contributed by atoms with Gasteiger partial charge in [-0.1, -0.05) is 24.3 Å². The zero-order valence-electron chi connectivity index (χ0n) is 13.0. The van der Waals surface area contributed by atoms with E-state index in [1.54, 1.807) is 0 Å². The smallest absolute Gasteiger partial charge is 0.211 e. The number of aryl methyl sites for hydroxylation is 1. The van der Waals surface area contributed by atoms with Gasteiger partial charge in [0.2, 0.25) is 10.0 Å². The molecule has 1 N–H and O–H groups in total. The van der Waals surface area contributed by atoms with Crippen LogP contribution in [0.5, 0.6) is 0 Å². The predicted octanol–water partition coefficient (Wildman–Crippen LogP) is 2.45. The van der Waals surface area contributed by atoms with Crippen LogP contribution >= 0.6 is 0 Å². The highest BCUT2D eigenvalue weighted by Gasteiger charge is 2.24. The molecule has 1 unspecified atom stereocenters. The van der Waals surface area contributed by atoms with Crippen LogP contribution in [0.4, 0.5) is 0 Å². The number of sulfonamides is 1. The molecule has 1 aliphatic heterocycles. The van der Waals surface area contributed by atoms with Gasteiger partial charge in [0.25, 0.3) is 0 Å². The molecular formula is C17H25NO3S. The summed E-state index contributed by atoms with van der Waals surface area (Å²) in [6.07, 6.45) is 4.84. The van der Waals surface area contributed by atoms with E-state index in [2.05, 4.69) is 22.9 Å². The topological polar surface area (TPSA) is 55.4 Å². The van der Waals surface area contributed by atoms with Gasteiger partial charge in [-0.15, -0.1) is 0 Å². The second kappa shape index (κ2) is 7.11. The van der Waals surface area contributed by atoms with Crippen molar-refractivity contribution in [2.24, 2.45) is 5.92 Å². The average molecular weight is 323 g/mol. The van der Waals surface area contributed by atoms with E-state index in [0.29, 0.717) is 18.4 Å². The monoisotopic (exact) mass is 323 g/mol. The number of fused-ring (bicyclic) bond motifs is 1. The zero-order chi connectivity index (χ0) is 15.4. The van der Waals surface area contributed by atoms with E-state index in [0.717, 1.165) is 45.3 Å². The van der Waals surface area contributed by atoms with Gasteiger partial charge in [-0.2, -0.15) is 0 Å². The fourth-order valence-electron chi connectivity index (χ4n) is 3.51. The van der Waals surface area contributed by atoms with Gasteiger partial charge >= 0.3 is 0 Å². The van der Waals surface area contributed by atoms with Crippen LogP contribution in [0.1, 0.15) is 42.7 Å². The Labute approximate surface area is 133 Å². The molecule has 1 heterocycles. The van der Waals surface area contributed by atoms with Crippen LogP contribution in [-0.2, 0) is 21.2 Å². The van der Waals surface area contributed by atoms with Gasteiger partial charge in [0.15, 0.2) is 0 Å². The molecule has 0 amide bonds. The molecule has 1 aromatic carbocycles. The summed E-state index contributed by atoms with van der Waals surface area (Å²) in [7, 11) is -3.16. The second-order valence-electron chi connectivity index (χ2n) is 6.45. The van der Waals surface area contributed by atoms with Gasteiger partial charge < -0.3 is 4.74 Å². The van der Waals surface area contributed by atoms with E-state index in [1.165, 1.54) is 11.1 Å². The van der Waals surface area contributed by atoms with Gasteiger partial charge in [0.05, 0.1) is 5.75 Å². The maximum atomic E-state index is 12.2. The summed E-state index contributed by atoms with van der Waals surface area (Å²) in [5, 5.41) is 0. The Morgan fingerprint density at radius 1 is 1.14 bits per heavy atom. The van der Waals surface area contributed by atoms with E-state index in [1.807, 2.05) is 6.07 Å². The number of rotatable bonds is 6. The molecule has 0 saturated carbocycles. The number of benzene rings is 1. The fourth-order valence-corrected chi connectivity index (χ4v) is 4.76. The Kier molecular flexibility index (Phi) is 5.16. The molecule has 1 fully saturated rings. The van der Waals surface area contributed by atoms with Crippen molar-refractivity contribution in [2.75, 3.05) is 25.5 Å². The zero-order valence-corrected chi connectivity index (χ0v) is 13.8. The first-order valence-corrected chi connectivity index (χ1v) is 9.92. The Morgan fingerprint density at radius 3 is 2.73 bits per heavy atom. The van der Waals surface area contributed by atoms with E-state index in [4.69, 9.17) is 4.74 Å². The highest BCUT2D eigenvalue weighted by Crippen LogP contribution is 2.32. The van der Waals surface area contributed by atoms with Gasteiger partial charge in [-0.25, -0.2) is 13.1 Å². The minimum atomic E-state index is -3.16. The lowest BCUT2D eigenvalue weighted by atomic mass is 9.98. The van der Waals surface area contributed by atoms with Crippen molar-refractivity contribution < 1.29 is 13.2 Å². The molecule has 1 aromatic rings. The van der Waals surface area contributed by atoms with Crippen LogP contribution in [0.2, 0.25) is 0 Å². The van der Waals surface area contributed by atoms with Crippen molar-refractivity contribution >= 4 is 10.0 Å². The number of hydrogen-bond acceptors (Lipinski definition) is 3. The van der Waals surface area contributed by atoms with E-state index in [9.17, 15) is 8.42 Å². The van der Waals surface area contributed by atoms with E-state index >= 15 is 0 Å². The summed E-state index contributed by atoms with van der Waals surface area (Å²) in [6, 6.07) is 8.37. The molecule has 0 spiro atoms. The molecule has 3 rings (SSSR count). The van der Waals surface area contributed by atoms with Gasteiger partial charge in [0, 0.05) is 19.8 Å². The molecule has 0 bridgehead atoms. The van der Waals surface area contributed by atoms with Gasteiger partial charge in [-0.05, 0) is 55.1 Å². The quantitative estimate of drug-likeness (QED) is 0.875. The number of nitrogens with one attached hydrogen (secondary N) is 1. The SMILES string of the molecule is O=S(=O)(CCC1CCOCC1)NCC1CCc2ccccc21. The van der Waals surface area contributed by atoms with Crippen LogP contribution in [0, 0.1) is 5.92 Å². The third kappa shape index (κ3) is 4.09. The summed E-state index contributed by atoms with van der Waals surface area (Å²) in [5.74, 6) is 1.07. The second-order valence-corrected chi connectivity index (χ2v) is 8.37. The van der Waals surface area contributed by atoms with Crippen LogP contribution < -0.4 is 4.72 Å². The normalized spacial score (nSPS) is 22.6. The summed E-state index contributed by atoms with van der Waals surface area (Å²) >= 11 is 0. The van der Waals surface area contributed by atoms with Crippen molar-refractivity contribution in [3.05, 3.63) is 35.4 Å². The lowest BCUT2D eigenvalue weighted by molar-refractivity contribution is 0.0655. The van der Waals surface area contributed by atoms with Crippen molar-refractivity contribution in [3.63, 3.8) is 0 Å². The standard InChI is InChI=1S/C17H25NO3S/c19-22(20,12-9-14-7-10-21-11-8-14)18-13-16-6-5-15-3-1-2-4-17(15)16/h1-4,14,16,18H,5-13H2. The highest BCUT2D eigenvalue weighted by atomic mass is 32.2. The first kappa shape index (κ1) is 16.0. The highest BCUT2D eigenvalue weighted by molar-refractivity contribution is 7.89. The summed E-state index contributed by atoms with van der Waals surface area (Å²) < 4.78 is 32.5. The van der Waals surface area contributed by atoms with Crippen molar-refractivity contribution in [2.45, 2.75) is 38.0 Å². The third-order valence-corrected chi connectivity index (χ3v) is 6.32. The molecular weight excluding hydrogens is 298 g/mol. The molecule has 1 aliphatic carbocycles. The lowest BCUT2D eigenvalue weighted by Crippen LogP contribution is -2.31. The summed E-state index contributed by atoms with van der Waals surface area (Å²) in [4.78, 5) is 0. The number of hydrogen-bond donors (Lipinski definition) is 1. The molecule has 2 aliphatic rings. The summed E-state index contributed by atoms with van der Waals surface area (Å²) in [6.45, 7) is 2.08. The molecule has 5 heteroatoms. The first-order valence-electron chi connectivity index (χ1n) is 8.27. The van der Waals surface area contributed by atoms with Crippen LogP contribution in [0.15, 0.2) is 24.3 Å².